The summed E-state index contributed by atoms with van der Waals surface area (Å²) in [5.74, 6) is 1.93. The summed E-state index contributed by atoms with van der Waals surface area (Å²) in [5, 5.41) is 17.9. The second-order valence-electron chi connectivity index (χ2n) is 3.35. The molecule has 0 amide bonds. The zero-order valence-electron chi connectivity index (χ0n) is 8.66. The summed E-state index contributed by atoms with van der Waals surface area (Å²) in [6.07, 6.45) is 6.08. The largest absolute Gasteiger partial charge is 0.192 e. The molecule has 0 radical (unpaired) electrons. The number of hydrogen-bond donors (Lipinski definition) is 0. The Kier molecular flexibility index (Phi) is 6.39. The molecule has 0 aromatic carbocycles. The van der Waals surface area contributed by atoms with E-state index in [1.165, 1.54) is 42.8 Å². The molecule has 15 heavy (non-hydrogen) atoms. The highest BCUT2D eigenvalue weighted by molar-refractivity contribution is 8.07. The average Bonchev–Trinajstić information content (AvgIpc) is 2.32. The van der Waals surface area contributed by atoms with Gasteiger partial charge in [0, 0.05) is 0 Å². The van der Waals surface area contributed by atoms with Crippen LogP contribution in [-0.2, 0) is 0 Å². The minimum atomic E-state index is 0.615. The fourth-order valence-electron chi connectivity index (χ4n) is 1.38. The van der Waals surface area contributed by atoms with E-state index in [-0.39, 0.29) is 0 Å². The lowest BCUT2D eigenvalue weighted by Gasteiger charge is -2.00. The Morgan fingerprint density at radius 1 is 0.733 bits per heavy atom. The van der Waals surface area contributed by atoms with Crippen LogP contribution in [0.5, 0.6) is 0 Å². The van der Waals surface area contributed by atoms with Crippen molar-refractivity contribution in [2.45, 2.75) is 32.1 Å². The van der Waals surface area contributed by atoms with Crippen LogP contribution >= 0.6 is 23.5 Å². The van der Waals surface area contributed by atoms with Crippen molar-refractivity contribution in [2.24, 2.45) is 0 Å². The SMILES string of the molecule is N#C/C1=C(\C#N)SCCCCCCCS1. The Bertz CT molecular complexity index is 280. The maximum Gasteiger partial charge on any atom is 0.109 e. The molecule has 1 rings (SSSR count). The third-order valence-corrected chi connectivity index (χ3v) is 4.47. The molecule has 2 nitrogen and oxygen atoms in total. The van der Waals surface area contributed by atoms with Crippen molar-refractivity contribution in [1.29, 1.82) is 10.5 Å². The van der Waals surface area contributed by atoms with E-state index in [9.17, 15) is 0 Å². The second kappa shape index (κ2) is 7.68. The molecule has 0 saturated carbocycles. The van der Waals surface area contributed by atoms with Crippen LogP contribution in [0, 0.1) is 22.7 Å². The highest BCUT2D eigenvalue weighted by Crippen LogP contribution is 2.29. The molecule has 0 aromatic heterocycles. The van der Waals surface area contributed by atoms with Gasteiger partial charge in [-0.2, -0.15) is 10.5 Å². The number of rotatable bonds is 0. The molecular weight excluding hydrogens is 224 g/mol. The zero-order chi connectivity index (χ0) is 10.9. The molecule has 0 aliphatic carbocycles. The van der Waals surface area contributed by atoms with Crippen LogP contribution < -0.4 is 0 Å². The van der Waals surface area contributed by atoms with Crippen LogP contribution in [-0.4, -0.2) is 11.5 Å². The van der Waals surface area contributed by atoms with E-state index in [0.29, 0.717) is 9.81 Å². The standard InChI is InChI=1S/C11H14N2S2/c12-8-10-11(9-13)15-7-5-3-1-2-4-6-14-10/h1-7H2/b11-10-. The van der Waals surface area contributed by atoms with Crippen LogP contribution in [0.3, 0.4) is 0 Å². The quantitative estimate of drug-likeness (QED) is 0.646. The van der Waals surface area contributed by atoms with Crippen LogP contribution in [0.15, 0.2) is 9.81 Å². The van der Waals surface area contributed by atoms with Crippen LogP contribution in [0.4, 0.5) is 0 Å². The number of hydrogen-bond acceptors (Lipinski definition) is 4. The van der Waals surface area contributed by atoms with Gasteiger partial charge in [-0.05, 0) is 24.3 Å². The lowest BCUT2D eigenvalue weighted by molar-refractivity contribution is 0.663. The third kappa shape index (κ3) is 4.64. The molecule has 0 unspecified atom stereocenters. The van der Waals surface area contributed by atoms with Gasteiger partial charge in [0.05, 0.1) is 0 Å². The molecule has 0 atom stereocenters. The van der Waals surface area contributed by atoms with E-state index in [0.717, 1.165) is 24.3 Å². The van der Waals surface area contributed by atoms with Crippen LogP contribution in [0.2, 0.25) is 0 Å². The highest BCUT2D eigenvalue weighted by atomic mass is 32.2. The molecule has 1 aliphatic rings. The summed E-state index contributed by atoms with van der Waals surface area (Å²) in [6.45, 7) is 0. The summed E-state index contributed by atoms with van der Waals surface area (Å²) in [4.78, 5) is 1.23. The second-order valence-corrected chi connectivity index (χ2v) is 5.56. The molecule has 0 fully saturated rings. The minimum absolute atomic E-state index is 0.615. The van der Waals surface area contributed by atoms with E-state index in [1.807, 2.05) is 0 Å². The van der Waals surface area contributed by atoms with Gasteiger partial charge < -0.3 is 0 Å². The predicted molar refractivity (Wildman–Crippen MR) is 66.3 cm³/mol. The van der Waals surface area contributed by atoms with Gasteiger partial charge in [0.2, 0.25) is 0 Å². The number of thioether (sulfide) groups is 2. The maximum atomic E-state index is 8.95. The van der Waals surface area contributed by atoms with Crippen LogP contribution in [0.1, 0.15) is 32.1 Å². The first kappa shape index (κ1) is 12.5. The van der Waals surface area contributed by atoms with E-state index < -0.39 is 0 Å². The molecule has 1 heterocycles. The van der Waals surface area contributed by atoms with E-state index in [1.54, 1.807) is 0 Å². The van der Waals surface area contributed by atoms with Crippen molar-refractivity contribution in [3.8, 4) is 12.1 Å². The Labute approximate surface area is 99.7 Å². The monoisotopic (exact) mass is 238 g/mol. The average molecular weight is 238 g/mol. The summed E-state index contributed by atoms with van der Waals surface area (Å²) in [6, 6.07) is 4.28. The molecule has 80 valence electrons. The van der Waals surface area contributed by atoms with Gasteiger partial charge in [0.25, 0.3) is 0 Å². The third-order valence-electron chi connectivity index (χ3n) is 2.19. The topological polar surface area (TPSA) is 47.6 Å². The molecule has 0 bridgehead atoms. The van der Waals surface area contributed by atoms with Gasteiger partial charge in [0.1, 0.15) is 21.9 Å². The fourth-order valence-corrected chi connectivity index (χ4v) is 3.32. The Hall–Kier alpha value is -0.580. The van der Waals surface area contributed by atoms with Gasteiger partial charge >= 0.3 is 0 Å². The smallest absolute Gasteiger partial charge is 0.109 e. The lowest BCUT2D eigenvalue weighted by Crippen LogP contribution is -1.84. The molecule has 0 aromatic rings. The lowest BCUT2D eigenvalue weighted by atomic mass is 10.2. The van der Waals surface area contributed by atoms with Crippen molar-refractivity contribution in [3.63, 3.8) is 0 Å². The van der Waals surface area contributed by atoms with Gasteiger partial charge in [-0.25, -0.2) is 0 Å². The molecule has 0 spiro atoms. The molecular formula is C11H14N2S2. The highest BCUT2D eigenvalue weighted by Gasteiger charge is 2.08. The first-order chi connectivity index (χ1) is 7.38. The van der Waals surface area contributed by atoms with Gasteiger partial charge in [-0.1, -0.05) is 19.3 Å². The molecule has 4 heteroatoms. The number of nitrogens with zero attached hydrogens (tertiary/aromatic N) is 2. The maximum absolute atomic E-state index is 8.95. The summed E-state index contributed by atoms with van der Waals surface area (Å²) < 4.78 is 0. The number of nitriles is 2. The Morgan fingerprint density at radius 2 is 1.13 bits per heavy atom. The van der Waals surface area contributed by atoms with Gasteiger partial charge in [-0.3, -0.25) is 0 Å². The van der Waals surface area contributed by atoms with E-state index in [2.05, 4.69) is 12.1 Å². The van der Waals surface area contributed by atoms with Crippen molar-refractivity contribution < 1.29 is 0 Å². The first-order valence-corrected chi connectivity index (χ1v) is 7.15. The van der Waals surface area contributed by atoms with E-state index in [4.69, 9.17) is 10.5 Å². The molecule has 0 saturated heterocycles. The predicted octanol–water partition coefficient (Wildman–Crippen LogP) is 3.68. The Balaban J connectivity index is 2.67. The van der Waals surface area contributed by atoms with Gasteiger partial charge in [0.15, 0.2) is 0 Å². The van der Waals surface area contributed by atoms with Crippen molar-refractivity contribution in [2.75, 3.05) is 11.5 Å². The summed E-state index contributed by atoms with van der Waals surface area (Å²) in [5.41, 5.74) is 0. The van der Waals surface area contributed by atoms with Crippen molar-refractivity contribution in [1.82, 2.24) is 0 Å². The molecule has 0 N–H and O–H groups in total. The Morgan fingerprint density at radius 3 is 1.53 bits per heavy atom. The summed E-state index contributed by atoms with van der Waals surface area (Å²) >= 11 is 3.07. The van der Waals surface area contributed by atoms with Crippen molar-refractivity contribution >= 4 is 23.5 Å². The summed E-state index contributed by atoms with van der Waals surface area (Å²) in [7, 11) is 0. The first-order valence-electron chi connectivity index (χ1n) is 5.18. The molecule has 1 aliphatic heterocycles. The fraction of sp³-hybridized carbons (Fsp3) is 0.636. The minimum Gasteiger partial charge on any atom is -0.192 e. The normalized spacial score (nSPS) is 24.7. The van der Waals surface area contributed by atoms with Crippen LogP contribution in [0.25, 0.3) is 0 Å². The van der Waals surface area contributed by atoms with E-state index >= 15 is 0 Å². The van der Waals surface area contributed by atoms with Gasteiger partial charge in [-0.15, -0.1) is 23.5 Å². The van der Waals surface area contributed by atoms with Crippen molar-refractivity contribution in [3.05, 3.63) is 9.81 Å². The zero-order valence-corrected chi connectivity index (χ0v) is 10.3. The number of allylic oxidation sites excluding steroid dienone is 2.